The average molecular weight is 278 g/mol. The number of benzene rings is 1. The minimum absolute atomic E-state index is 0.687. The lowest BCUT2D eigenvalue weighted by Crippen LogP contribution is -2.07. The molecular weight excluding hydrogens is 262 g/mol. The average Bonchev–Trinajstić information content (AvgIpc) is 2.98. The Morgan fingerprint density at radius 3 is 3.21 bits per heavy atom. The highest BCUT2D eigenvalue weighted by molar-refractivity contribution is 6.30. The maximum Gasteiger partial charge on any atom is 0.127 e. The van der Waals surface area contributed by atoms with Gasteiger partial charge in [-0.05, 0) is 30.8 Å². The van der Waals surface area contributed by atoms with Crippen molar-refractivity contribution in [2.24, 2.45) is 0 Å². The smallest absolute Gasteiger partial charge is 0.127 e. The van der Waals surface area contributed by atoms with Gasteiger partial charge in [0.05, 0.1) is 18.8 Å². The van der Waals surface area contributed by atoms with Gasteiger partial charge < -0.3 is 10.1 Å². The van der Waals surface area contributed by atoms with Gasteiger partial charge >= 0.3 is 0 Å². The number of aromatic nitrogens is 2. The van der Waals surface area contributed by atoms with Gasteiger partial charge in [-0.15, -0.1) is 0 Å². The molecule has 0 saturated carbocycles. The zero-order chi connectivity index (χ0) is 13.2. The SMILES string of the molecule is CNCc1ccn(Cc2cc(Cl)cc3c2OCC3)n1. The van der Waals surface area contributed by atoms with E-state index < -0.39 is 0 Å². The molecule has 19 heavy (non-hydrogen) atoms. The third kappa shape index (κ3) is 2.60. The Kier molecular flexibility index (Phi) is 3.44. The summed E-state index contributed by atoms with van der Waals surface area (Å²) in [7, 11) is 1.91. The Morgan fingerprint density at radius 2 is 2.37 bits per heavy atom. The molecule has 5 heteroatoms. The second-order valence-electron chi connectivity index (χ2n) is 4.69. The molecule has 2 aromatic rings. The van der Waals surface area contributed by atoms with Crippen molar-refractivity contribution >= 4 is 11.6 Å². The topological polar surface area (TPSA) is 39.1 Å². The van der Waals surface area contributed by atoms with Gasteiger partial charge in [-0.3, -0.25) is 4.68 Å². The van der Waals surface area contributed by atoms with Crippen LogP contribution in [0.2, 0.25) is 5.02 Å². The highest BCUT2D eigenvalue weighted by Gasteiger charge is 2.17. The number of rotatable bonds is 4. The van der Waals surface area contributed by atoms with Gasteiger partial charge in [-0.1, -0.05) is 11.6 Å². The zero-order valence-corrected chi connectivity index (χ0v) is 11.6. The van der Waals surface area contributed by atoms with Gasteiger partial charge in [0.1, 0.15) is 5.75 Å². The molecule has 0 radical (unpaired) electrons. The van der Waals surface area contributed by atoms with Crippen LogP contribution in [-0.4, -0.2) is 23.4 Å². The first-order valence-electron chi connectivity index (χ1n) is 6.37. The van der Waals surface area contributed by atoms with Crippen molar-refractivity contribution in [1.29, 1.82) is 0 Å². The predicted octanol–water partition coefficient (Wildman–Crippen LogP) is 2.24. The Bertz CT molecular complexity index is 594. The van der Waals surface area contributed by atoms with Crippen LogP contribution in [0.15, 0.2) is 24.4 Å². The maximum atomic E-state index is 6.15. The molecule has 0 bridgehead atoms. The lowest BCUT2D eigenvalue weighted by molar-refractivity contribution is 0.352. The summed E-state index contributed by atoms with van der Waals surface area (Å²) >= 11 is 6.15. The molecule has 0 amide bonds. The van der Waals surface area contributed by atoms with Crippen LogP contribution in [0, 0.1) is 0 Å². The maximum absolute atomic E-state index is 6.15. The van der Waals surface area contributed by atoms with Crippen molar-refractivity contribution < 1.29 is 4.74 Å². The number of nitrogens with one attached hydrogen (secondary N) is 1. The first-order chi connectivity index (χ1) is 9.26. The van der Waals surface area contributed by atoms with Gasteiger partial charge in [0, 0.05) is 29.7 Å². The van der Waals surface area contributed by atoms with Crippen molar-refractivity contribution in [2.45, 2.75) is 19.5 Å². The van der Waals surface area contributed by atoms with Gasteiger partial charge in [0.15, 0.2) is 0 Å². The van der Waals surface area contributed by atoms with Crippen LogP contribution in [0.3, 0.4) is 0 Å². The van der Waals surface area contributed by atoms with Crippen molar-refractivity contribution in [3.05, 3.63) is 46.2 Å². The Morgan fingerprint density at radius 1 is 1.47 bits per heavy atom. The molecule has 1 aliphatic heterocycles. The molecule has 0 fully saturated rings. The van der Waals surface area contributed by atoms with Crippen molar-refractivity contribution in [3.8, 4) is 5.75 Å². The quantitative estimate of drug-likeness (QED) is 0.932. The molecule has 0 atom stereocenters. The number of hydrogen-bond acceptors (Lipinski definition) is 3. The number of halogens is 1. The first-order valence-corrected chi connectivity index (χ1v) is 6.75. The van der Waals surface area contributed by atoms with Crippen LogP contribution >= 0.6 is 11.6 Å². The summed E-state index contributed by atoms with van der Waals surface area (Å²) in [6.07, 6.45) is 2.92. The van der Waals surface area contributed by atoms with Crippen LogP contribution in [0.5, 0.6) is 5.75 Å². The van der Waals surface area contributed by atoms with E-state index in [1.54, 1.807) is 0 Å². The van der Waals surface area contributed by atoms with E-state index in [2.05, 4.69) is 10.4 Å². The molecule has 4 nitrogen and oxygen atoms in total. The number of ether oxygens (including phenoxy) is 1. The number of hydrogen-bond donors (Lipinski definition) is 1. The molecule has 0 saturated heterocycles. The lowest BCUT2D eigenvalue weighted by atomic mass is 10.1. The fourth-order valence-electron chi connectivity index (χ4n) is 2.41. The summed E-state index contributed by atoms with van der Waals surface area (Å²) < 4.78 is 7.62. The van der Waals surface area contributed by atoms with Crippen LogP contribution in [0.1, 0.15) is 16.8 Å². The Balaban J connectivity index is 1.86. The highest BCUT2D eigenvalue weighted by atomic mass is 35.5. The zero-order valence-electron chi connectivity index (χ0n) is 10.8. The van der Waals surface area contributed by atoms with E-state index in [0.29, 0.717) is 6.54 Å². The summed E-state index contributed by atoms with van der Waals surface area (Å²) in [5.41, 5.74) is 3.33. The summed E-state index contributed by atoms with van der Waals surface area (Å²) in [6, 6.07) is 5.97. The lowest BCUT2D eigenvalue weighted by Gasteiger charge is -2.09. The van der Waals surface area contributed by atoms with Gasteiger partial charge in [-0.2, -0.15) is 5.10 Å². The molecular formula is C14H16ClN3O. The van der Waals surface area contributed by atoms with Crippen molar-refractivity contribution in [1.82, 2.24) is 15.1 Å². The third-order valence-electron chi connectivity index (χ3n) is 3.21. The predicted molar refractivity (Wildman–Crippen MR) is 74.7 cm³/mol. The number of fused-ring (bicyclic) bond motifs is 1. The fraction of sp³-hybridized carbons (Fsp3) is 0.357. The summed E-state index contributed by atoms with van der Waals surface area (Å²) in [5.74, 6) is 0.982. The molecule has 0 unspecified atom stereocenters. The van der Waals surface area contributed by atoms with Gasteiger partial charge in [-0.25, -0.2) is 0 Å². The summed E-state index contributed by atoms with van der Waals surface area (Å²) in [4.78, 5) is 0. The highest BCUT2D eigenvalue weighted by Crippen LogP contribution is 2.33. The standard InChI is InChI=1S/C14H16ClN3O/c1-16-8-13-2-4-18(17-13)9-11-7-12(15)6-10-3-5-19-14(10)11/h2,4,6-7,16H,3,5,8-9H2,1H3. The van der Waals surface area contributed by atoms with E-state index in [1.807, 2.05) is 36.1 Å². The largest absolute Gasteiger partial charge is 0.493 e. The van der Waals surface area contributed by atoms with E-state index in [4.69, 9.17) is 16.3 Å². The van der Waals surface area contributed by atoms with Crippen molar-refractivity contribution in [3.63, 3.8) is 0 Å². The van der Waals surface area contributed by atoms with E-state index in [0.717, 1.165) is 41.6 Å². The van der Waals surface area contributed by atoms with E-state index >= 15 is 0 Å². The van der Waals surface area contributed by atoms with Crippen LogP contribution in [0.4, 0.5) is 0 Å². The second-order valence-corrected chi connectivity index (χ2v) is 5.12. The number of nitrogens with zero attached hydrogens (tertiary/aromatic N) is 2. The van der Waals surface area contributed by atoms with E-state index in [9.17, 15) is 0 Å². The fourth-order valence-corrected chi connectivity index (χ4v) is 2.67. The molecule has 1 aromatic heterocycles. The molecule has 1 N–H and O–H groups in total. The monoisotopic (exact) mass is 277 g/mol. The Hall–Kier alpha value is -1.52. The van der Waals surface area contributed by atoms with Crippen molar-refractivity contribution in [2.75, 3.05) is 13.7 Å². The second kappa shape index (κ2) is 5.23. The molecule has 0 spiro atoms. The van der Waals surface area contributed by atoms with Crippen LogP contribution < -0.4 is 10.1 Å². The molecule has 1 aliphatic rings. The third-order valence-corrected chi connectivity index (χ3v) is 3.43. The normalized spacial score (nSPS) is 13.4. The Labute approximate surface area is 117 Å². The van der Waals surface area contributed by atoms with E-state index in [1.165, 1.54) is 5.56 Å². The minimum Gasteiger partial charge on any atom is -0.493 e. The molecule has 0 aliphatic carbocycles. The van der Waals surface area contributed by atoms with Gasteiger partial charge in [0.25, 0.3) is 0 Å². The molecule has 2 heterocycles. The summed E-state index contributed by atoms with van der Waals surface area (Å²) in [6.45, 7) is 2.20. The molecule has 3 rings (SSSR count). The summed E-state index contributed by atoms with van der Waals surface area (Å²) in [5, 5.41) is 8.36. The van der Waals surface area contributed by atoms with Crippen LogP contribution in [0.25, 0.3) is 0 Å². The minimum atomic E-state index is 0.687. The molecule has 100 valence electrons. The first kappa shape index (κ1) is 12.5. The molecule has 1 aromatic carbocycles. The van der Waals surface area contributed by atoms with Gasteiger partial charge in [0.2, 0.25) is 0 Å². The van der Waals surface area contributed by atoms with Crippen LogP contribution in [-0.2, 0) is 19.5 Å². The van der Waals surface area contributed by atoms with E-state index in [-0.39, 0.29) is 0 Å².